The molecule has 0 aromatic carbocycles. The third-order valence-electron chi connectivity index (χ3n) is 2.99. The number of likely N-dealkylation sites (N-methyl/N-ethyl adjacent to an activating group) is 1. The van der Waals surface area contributed by atoms with Crippen molar-refractivity contribution in [3.63, 3.8) is 0 Å². The number of rotatable bonds is 2. The third-order valence-corrected chi connectivity index (χ3v) is 2.99. The number of morpholine rings is 1. The quantitative estimate of drug-likeness (QED) is 0.634. The zero-order chi connectivity index (χ0) is 9.31. The second-order valence-electron chi connectivity index (χ2n) is 3.87. The topological polar surface area (TPSA) is 41.6 Å². The van der Waals surface area contributed by atoms with Crippen molar-refractivity contribution in [2.24, 2.45) is 0 Å². The first-order chi connectivity index (χ1) is 6.27. The molecule has 0 unspecified atom stereocenters. The molecule has 0 aromatic rings. The van der Waals surface area contributed by atoms with Gasteiger partial charge in [-0.2, -0.15) is 0 Å². The van der Waals surface area contributed by atoms with Crippen molar-refractivity contribution < 1.29 is 9.53 Å². The van der Waals surface area contributed by atoms with E-state index >= 15 is 0 Å². The molecule has 1 aliphatic heterocycles. The van der Waals surface area contributed by atoms with Crippen molar-refractivity contribution in [2.75, 3.05) is 33.4 Å². The minimum atomic E-state index is 0.105. The minimum absolute atomic E-state index is 0.105. The van der Waals surface area contributed by atoms with Gasteiger partial charge in [-0.25, -0.2) is 0 Å². The highest BCUT2D eigenvalue weighted by Gasteiger charge is 2.50. The van der Waals surface area contributed by atoms with E-state index < -0.39 is 0 Å². The molecule has 1 aliphatic carbocycles. The summed E-state index contributed by atoms with van der Waals surface area (Å²) in [6.45, 7) is 3.00. The summed E-state index contributed by atoms with van der Waals surface area (Å²) in [5, 5.41) is 2.66. The fourth-order valence-corrected chi connectivity index (χ4v) is 1.87. The highest BCUT2D eigenvalue weighted by Crippen LogP contribution is 2.43. The first kappa shape index (κ1) is 8.97. The van der Waals surface area contributed by atoms with Crippen LogP contribution in [0.25, 0.3) is 0 Å². The molecule has 0 atom stereocenters. The van der Waals surface area contributed by atoms with Crippen LogP contribution in [0.2, 0.25) is 0 Å². The zero-order valence-corrected chi connectivity index (χ0v) is 8.01. The van der Waals surface area contributed by atoms with E-state index in [1.54, 1.807) is 7.05 Å². The summed E-state index contributed by atoms with van der Waals surface area (Å²) in [5.74, 6) is 0.105. The molecule has 74 valence electrons. The maximum absolute atomic E-state index is 11.2. The summed E-state index contributed by atoms with van der Waals surface area (Å²) < 4.78 is 5.42. The molecule has 1 amide bonds. The number of carbonyl (C=O) groups excluding carboxylic acids is 1. The molecule has 2 aliphatic rings. The Morgan fingerprint density at radius 1 is 1.62 bits per heavy atom. The van der Waals surface area contributed by atoms with Crippen molar-refractivity contribution in [2.45, 2.75) is 18.4 Å². The van der Waals surface area contributed by atoms with E-state index in [1.165, 1.54) is 12.8 Å². The summed E-state index contributed by atoms with van der Waals surface area (Å²) >= 11 is 0. The van der Waals surface area contributed by atoms with Gasteiger partial charge in [0.1, 0.15) is 0 Å². The average Bonchev–Trinajstić information content (AvgIpc) is 2.90. The second-order valence-corrected chi connectivity index (χ2v) is 3.87. The number of carbonyl (C=O) groups is 1. The SMILES string of the molecule is CNC(=O)CN1CCOCC12CC2. The van der Waals surface area contributed by atoms with Crippen LogP contribution in [0.3, 0.4) is 0 Å². The van der Waals surface area contributed by atoms with Gasteiger partial charge < -0.3 is 10.1 Å². The Morgan fingerprint density at radius 3 is 3.00 bits per heavy atom. The third kappa shape index (κ3) is 1.69. The number of amides is 1. The molecule has 2 rings (SSSR count). The van der Waals surface area contributed by atoms with Gasteiger partial charge in [-0.1, -0.05) is 0 Å². The summed E-state index contributed by atoms with van der Waals surface area (Å²) in [4.78, 5) is 13.5. The maximum atomic E-state index is 11.2. The summed E-state index contributed by atoms with van der Waals surface area (Å²) in [6, 6.07) is 0. The van der Waals surface area contributed by atoms with Crippen molar-refractivity contribution in [3.8, 4) is 0 Å². The number of ether oxygens (including phenoxy) is 1. The Labute approximate surface area is 78.2 Å². The van der Waals surface area contributed by atoms with E-state index in [4.69, 9.17) is 4.74 Å². The maximum Gasteiger partial charge on any atom is 0.233 e. The lowest BCUT2D eigenvalue weighted by atomic mass is 10.2. The molecule has 0 bridgehead atoms. The molecule has 13 heavy (non-hydrogen) atoms. The lowest BCUT2D eigenvalue weighted by molar-refractivity contribution is -0.124. The summed E-state index contributed by atoms with van der Waals surface area (Å²) in [6.07, 6.45) is 2.37. The van der Waals surface area contributed by atoms with Crippen molar-refractivity contribution in [1.29, 1.82) is 0 Å². The minimum Gasteiger partial charge on any atom is -0.378 e. The van der Waals surface area contributed by atoms with Gasteiger partial charge in [-0.05, 0) is 12.8 Å². The Balaban J connectivity index is 1.92. The van der Waals surface area contributed by atoms with E-state index in [2.05, 4.69) is 10.2 Å². The molecule has 4 heteroatoms. The molecule has 2 fully saturated rings. The van der Waals surface area contributed by atoms with Gasteiger partial charge in [0.05, 0.1) is 19.8 Å². The molecule has 1 saturated heterocycles. The van der Waals surface area contributed by atoms with Crippen LogP contribution in [0, 0.1) is 0 Å². The molecular weight excluding hydrogens is 168 g/mol. The Morgan fingerprint density at radius 2 is 2.38 bits per heavy atom. The molecule has 4 nitrogen and oxygen atoms in total. The Hall–Kier alpha value is -0.610. The first-order valence-electron chi connectivity index (χ1n) is 4.80. The number of nitrogens with zero attached hydrogens (tertiary/aromatic N) is 1. The molecule has 0 aromatic heterocycles. The van der Waals surface area contributed by atoms with E-state index in [0.717, 1.165) is 19.8 Å². The van der Waals surface area contributed by atoms with Gasteiger partial charge in [0.15, 0.2) is 0 Å². The van der Waals surface area contributed by atoms with Crippen LogP contribution in [-0.4, -0.2) is 49.7 Å². The van der Waals surface area contributed by atoms with E-state index in [0.29, 0.717) is 6.54 Å². The highest BCUT2D eigenvalue weighted by molar-refractivity contribution is 5.77. The normalized spacial score (nSPS) is 25.9. The van der Waals surface area contributed by atoms with Gasteiger partial charge in [0, 0.05) is 19.1 Å². The van der Waals surface area contributed by atoms with Crippen molar-refractivity contribution >= 4 is 5.91 Å². The average molecular weight is 184 g/mol. The predicted molar refractivity (Wildman–Crippen MR) is 48.4 cm³/mol. The summed E-state index contributed by atoms with van der Waals surface area (Å²) in [5.41, 5.74) is 0.227. The van der Waals surface area contributed by atoms with Gasteiger partial charge >= 0.3 is 0 Å². The monoisotopic (exact) mass is 184 g/mol. The largest absolute Gasteiger partial charge is 0.378 e. The zero-order valence-electron chi connectivity index (χ0n) is 8.01. The predicted octanol–water partition coefficient (Wildman–Crippen LogP) is -0.403. The van der Waals surface area contributed by atoms with Gasteiger partial charge in [-0.3, -0.25) is 9.69 Å². The standard InChI is InChI=1S/C9H16N2O2/c1-10-8(12)6-11-4-5-13-7-9(11)2-3-9/h2-7H2,1H3,(H,10,12). The molecule has 1 N–H and O–H groups in total. The van der Waals surface area contributed by atoms with Crippen LogP contribution in [-0.2, 0) is 9.53 Å². The van der Waals surface area contributed by atoms with Gasteiger partial charge in [0.2, 0.25) is 5.91 Å². The molecular formula is C9H16N2O2. The molecule has 0 radical (unpaired) electrons. The van der Waals surface area contributed by atoms with E-state index in [9.17, 15) is 4.79 Å². The Kier molecular flexibility index (Phi) is 2.26. The lowest BCUT2D eigenvalue weighted by Gasteiger charge is -2.35. The van der Waals surface area contributed by atoms with Crippen LogP contribution >= 0.6 is 0 Å². The smallest absolute Gasteiger partial charge is 0.233 e. The number of nitrogens with one attached hydrogen (secondary N) is 1. The fourth-order valence-electron chi connectivity index (χ4n) is 1.87. The Bertz CT molecular complexity index is 214. The van der Waals surface area contributed by atoms with E-state index in [-0.39, 0.29) is 11.4 Å². The lowest BCUT2D eigenvalue weighted by Crippen LogP contribution is -2.51. The molecule has 1 heterocycles. The van der Waals surface area contributed by atoms with Crippen molar-refractivity contribution in [3.05, 3.63) is 0 Å². The molecule has 1 spiro atoms. The van der Waals surface area contributed by atoms with Crippen LogP contribution in [0.1, 0.15) is 12.8 Å². The van der Waals surface area contributed by atoms with Gasteiger partial charge in [0.25, 0.3) is 0 Å². The first-order valence-corrected chi connectivity index (χ1v) is 4.80. The molecule has 1 saturated carbocycles. The van der Waals surface area contributed by atoms with Crippen LogP contribution in [0.4, 0.5) is 0 Å². The van der Waals surface area contributed by atoms with Crippen molar-refractivity contribution in [1.82, 2.24) is 10.2 Å². The van der Waals surface area contributed by atoms with Gasteiger partial charge in [-0.15, -0.1) is 0 Å². The number of hydrogen-bond acceptors (Lipinski definition) is 3. The van der Waals surface area contributed by atoms with Crippen LogP contribution < -0.4 is 5.32 Å². The van der Waals surface area contributed by atoms with E-state index in [1.807, 2.05) is 0 Å². The highest BCUT2D eigenvalue weighted by atomic mass is 16.5. The van der Waals surface area contributed by atoms with Crippen LogP contribution in [0.5, 0.6) is 0 Å². The second kappa shape index (κ2) is 3.27. The van der Waals surface area contributed by atoms with Crippen LogP contribution in [0.15, 0.2) is 0 Å². The fraction of sp³-hybridized carbons (Fsp3) is 0.889. The number of hydrogen-bond donors (Lipinski definition) is 1. The summed E-state index contributed by atoms with van der Waals surface area (Å²) in [7, 11) is 1.68.